The van der Waals surface area contributed by atoms with Crippen LogP contribution in [0, 0.1) is 17.8 Å². The molecule has 0 aromatic carbocycles. The van der Waals surface area contributed by atoms with Crippen LogP contribution >= 0.6 is 21.4 Å². The Morgan fingerprint density at radius 1 is 0.500 bits per heavy atom. The molecule has 6 saturated carbocycles. The van der Waals surface area contributed by atoms with Crippen molar-refractivity contribution in [1.82, 2.24) is 0 Å². The van der Waals surface area contributed by atoms with Gasteiger partial charge in [0.05, 0.1) is 0 Å². The van der Waals surface area contributed by atoms with Crippen LogP contribution in [-0.2, 0) is 0 Å². The topological polar surface area (TPSA) is 0 Å². The Bertz CT molecular complexity index is 368. The molecule has 0 spiro atoms. The van der Waals surface area contributed by atoms with Crippen LogP contribution < -0.4 is 0 Å². The molecule has 0 heterocycles. The predicted octanol–water partition coefficient (Wildman–Crippen LogP) is 5.41. The second-order valence-electron chi connectivity index (χ2n) is 8.97. The van der Waals surface area contributed by atoms with Crippen molar-refractivity contribution in [2.75, 3.05) is 0 Å². The van der Waals surface area contributed by atoms with E-state index in [4.69, 9.17) is 0 Å². The molecule has 0 nitrogen and oxygen atoms in total. The van der Waals surface area contributed by atoms with E-state index in [-0.39, 0.29) is 13.5 Å². The first-order valence-electron chi connectivity index (χ1n) is 9.11. The van der Waals surface area contributed by atoms with E-state index >= 15 is 0 Å². The van der Waals surface area contributed by atoms with Gasteiger partial charge in [0.25, 0.3) is 0 Å². The highest BCUT2D eigenvalue weighted by atomic mass is 32.1. The zero-order valence-electron chi connectivity index (χ0n) is 12.7. The zero-order valence-corrected chi connectivity index (χ0v) is 14.6. The Balaban J connectivity index is 0.000000960. The zero-order chi connectivity index (χ0) is 12.3. The van der Waals surface area contributed by atoms with Gasteiger partial charge in [0.1, 0.15) is 0 Å². The molecule has 0 amide bonds. The fourth-order valence-electron chi connectivity index (χ4n) is 6.02. The molecule has 2 heteroatoms. The molecular formula is C18H29PS. The van der Waals surface area contributed by atoms with Gasteiger partial charge in [0.2, 0.25) is 0 Å². The van der Waals surface area contributed by atoms with Gasteiger partial charge in [-0.25, -0.2) is 0 Å². The predicted molar refractivity (Wildman–Crippen MR) is 91.4 cm³/mol. The first kappa shape index (κ1) is 13.2. The minimum Gasteiger partial charge on any atom is -0.197 e. The van der Waals surface area contributed by atoms with Crippen molar-refractivity contribution in [3.63, 3.8) is 0 Å². The van der Waals surface area contributed by atoms with Crippen LogP contribution in [0.25, 0.3) is 0 Å². The first-order valence-corrected chi connectivity index (χ1v) is 10.4. The summed E-state index contributed by atoms with van der Waals surface area (Å²) in [5.41, 5.74) is 0. The highest BCUT2D eigenvalue weighted by Crippen LogP contribution is 2.94. The Morgan fingerprint density at radius 3 is 0.900 bits per heavy atom. The highest BCUT2D eigenvalue weighted by Gasteiger charge is 2.77. The molecule has 20 heavy (non-hydrogen) atoms. The summed E-state index contributed by atoms with van der Waals surface area (Å²) in [5, 5.41) is 2.94. The molecule has 0 N–H and O–H groups in total. The lowest BCUT2D eigenvalue weighted by Gasteiger charge is -2.43. The van der Waals surface area contributed by atoms with Crippen LogP contribution in [0.4, 0.5) is 0 Å². The molecule has 0 aromatic rings. The van der Waals surface area contributed by atoms with E-state index in [1.165, 1.54) is 17.8 Å². The molecule has 0 aliphatic heterocycles. The van der Waals surface area contributed by atoms with Crippen LogP contribution in [0.5, 0.6) is 0 Å². The molecule has 0 bridgehead atoms. The van der Waals surface area contributed by atoms with Gasteiger partial charge in [-0.2, -0.15) is 13.5 Å². The molecule has 0 unspecified atom stereocenters. The fraction of sp³-hybridized carbons (Fsp3) is 1.00. The van der Waals surface area contributed by atoms with Gasteiger partial charge in [0.15, 0.2) is 0 Å². The largest absolute Gasteiger partial charge is 0.197 e. The van der Waals surface area contributed by atoms with Crippen LogP contribution in [0.1, 0.15) is 77.0 Å². The summed E-state index contributed by atoms with van der Waals surface area (Å²) in [7, 11) is 0.412. The van der Waals surface area contributed by atoms with Crippen molar-refractivity contribution in [3.8, 4) is 0 Å². The Morgan fingerprint density at radius 2 is 0.750 bits per heavy atom. The van der Waals surface area contributed by atoms with Crippen molar-refractivity contribution < 1.29 is 0 Å². The average Bonchev–Trinajstić information content (AvgIpc) is 3.24. The maximum Gasteiger partial charge on any atom is -0.00554 e. The quantitative estimate of drug-likeness (QED) is 0.576. The van der Waals surface area contributed by atoms with Crippen molar-refractivity contribution in [2.24, 2.45) is 17.8 Å². The monoisotopic (exact) mass is 308 g/mol. The molecule has 6 fully saturated rings. The van der Waals surface area contributed by atoms with Crippen LogP contribution in [0.3, 0.4) is 0 Å². The SMILES string of the molecule is C1CC1C1(P(C2(C3CC3)CC2)C2(C3CC3)CC2)CC1.S. The summed E-state index contributed by atoms with van der Waals surface area (Å²) >= 11 is 0. The third-order valence-corrected chi connectivity index (χ3v) is 12.7. The summed E-state index contributed by atoms with van der Waals surface area (Å²) < 4.78 is 0. The molecule has 0 radical (unpaired) electrons. The van der Waals surface area contributed by atoms with E-state index in [2.05, 4.69) is 0 Å². The van der Waals surface area contributed by atoms with Crippen LogP contribution in [0.2, 0.25) is 0 Å². The minimum atomic E-state index is 0. The third-order valence-electron chi connectivity index (χ3n) is 7.63. The molecule has 6 aliphatic rings. The minimum absolute atomic E-state index is 0. The van der Waals surface area contributed by atoms with E-state index in [0.29, 0.717) is 7.92 Å². The molecule has 0 atom stereocenters. The number of hydrogen-bond donors (Lipinski definition) is 0. The van der Waals surface area contributed by atoms with E-state index in [0.717, 1.165) is 15.5 Å². The van der Waals surface area contributed by atoms with Crippen molar-refractivity contribution in [1.29, 1.82) is 0 Å². The molecule has 0 saturated heterocycles. The van der Waals surface area contributed by atoms with Gasteiger partial charge < -0.3 is 0 Å². The first-order chi connectivity index (χ1) is 9.30. The summed E-state index contributed by atoms with van der Waals surface area (Å²) in [4.78, 5) is 0. The van der Waals surface area contributed by atoms with Gasteiger partial charge >= 0.3 is 0 Å². The van der Waals surface area contributed by atoms with Crippen molar-refractivity contribution in [2.45, 2.75) is 92.5 Å². The van der Waals surface area contributed by atoms with E-state index in [9.17, 15) is 0 Å². The van der Waals surface area contributed by atoms with Crippen molar-refractivity contribution >= 4 is 21.4 Å². The third kappa shape index (κ3) is 1.61. The number of rotatable bonds is 6. The maximum absolute atomic E-state index is 1.67. The fourth-order valence-corrected chi connectivity index (χ4v) is 12.2. The molecule has 112 valence electrons. The standard InChI is InChI=1S/C18H27P.H2S/c1-2-13(1)16(7-8-16)19(17(9-10-17)14-3-4-14)18(11-12-18)15-5-6-15;/h13-15H,1-12H2;1H2. The maximum atomic E-state index is 1.67. The Hall–Kier alpha value is 0.780. The summed E-state index contributed by atoms with van der Waals surface area (Å²) in [6.07, 6.45) is 19.8. The average molecular weight is 308 g/mol. The van der Waals surface area contributed by atoms with E-state index in [1.54, 1.807) is 77.0 Å². The highest BCUT2D eigenvalue weighted by molar-refractivity contribution is 7.64. The summed E-state index contributed by atoms with van der Waals surface area (Å²) in [5.74, 6) is 3.68. The van der Waals surface area contributed by atoms with E-state index < -0.39 is 0 Å². The van der Waals surface area contributed by atoms with Crippen molar-refractivity contribution in [3.05, 3.63) is 0 Å². The van der Waals surface area contributed by atoms with Crippen LogP contribution in [-0.4, -0.2) is 15.5 Å². The van der Waals surface area contributed by atoms with Gasteiger partial charge in [-0.05, 0) is 110 Å². The normalized spacial score (nSPS) is 38.2. The second-order valence-corrected chi connectivity index (χ2v) is 12.3. The second kappa shape index (κ2) is 3.81. The Kier molecular flexibility index (Phi) is 2.52. The lowest BCUT2D eigenvalue weighted by atomic mass is 10.2. The smallest absolute Gasteiger partial charge is 0.00554 e. The lowest BCUT2D eigenvalue weighted by Crippen LogP contribution is -2.31. The van der Waals surface area contributed by atoms with Crippen LogP contribution in [0.15, 0.2) is 0 Å². The molecule has 0 aromatic heterocycles. The summed E-state index contributed by atoms with van der Waals surface area (Å²) in [6, 6.07) is 0. The van der Waals surface area contributed by atoms with Gasteiger partial charge in [0, 0.05) is 0 Å². The molecular weight excluding hydrogens is 279 g/mol. The van der Waals surface area contributed by atoms with Gasteiger partial charge in [-0.15, -0.1) is 0 Å². The van der Waals surface area contributed by atoms with Gasteiger partial charge in [-0.1, -0.05) is 7.92 Å². The molecule has 6 aliphatic carbocycles. The Labute approximate surface area is 132 Å². The van der Waals surface area contributed by atoms with E-state index in [1.807, 2.05) is 0 Å². The lowest BCUT2D eigenvalue weighted by molar-refractivity contribution is 0.642. The summed E-state index contributed by atoms with van der Waals surface area (Å²) in [6.45, 7) is 0. The molecule has 6 rings (SSSR count). The number of hydrogen-bond acceptors (Lipinski definition) is 0. The van der Waals surface area contributed by atoms with Gasteiger partial charge in [-0.3, -0.25) is 0 Å².